The van der Waals surface area contributed by atoms with Gasteiger partial charge in [0.1, 0.15) is 0 Å². The van der Waals surface area contributed by atoms with Crippen molar-refractivity contribution < 1.29 is 4.74 Å². The maximum Gasteiger partial charge on any atom is 0.254 e. The Morgan fingerprint density at radius 2 is 2.07 bits per heavy atom. The molecular weight excluding hydrogens is 194 g/mol. The Labute approximate surface area is 92.1 Å². The molecule has 82 valence electrons. The number of unbranched alkanes of at least 4 members (excludes halogenated alkanes) is 1. The number of rotatable bonds is 5. The molecule has 0 saturated heterocycles. The molecule has 0 aliphatic heterocycles. The second-order valence-electron chi connectivity index (χ2n) is 2.06. The molecule has 0 radical (unpaired) electrons. The molecule has 0 aromatic heterocycles. The van der Waals surface area contributed by atoms with E-state index in [0.717, 1.165) is 12.8 Å². The SMILES string of the molecule is C=CN=C(OCCCC)SC=C.CC. The van der Waals surface area contributed by atoms with E-state index in [1.807, 2.05) is 13.8 Å². The van der Waals surface area contributed by atoms with E-state index in [2.05, 4.69) is 25.1 Å². The molecule has 3 heteroatoms. The van der Waals surface area contributed by atoms with Crippen molar-refractivity contribution in [2.45, 2.75) is 33.6 Å². The molecule has 0 aromatic rings. The molecule has 0 unspecified atom stereocenters. The van der Waals surface area contributed by atoms with Gasteiger partial charge in [-0.25, -0.2) is 4.99 Å². The number of hydrogen-bond acceptors (Lipinski definition) is 3. The lowest BCUT2D eigenvalue weighted by Gasteiger charge is -2.03. The van der Waals surface area contributed by atoms with Gasteiger partial charge in [0.25, 0.3) is 5.23 Å². The van der Waals surface area contributed by atoms with E-state index in [1.165, 1.54) is 18.0 Å². The van der Waals surface area contributed by atoms with Crippen molar-refractivity contribution in [2.24, 2.45) is 4.99 Å². The zero-order chi connectivity index (χ0) is 11.2. The minimum atomic E-state index is 0.619. The van der Waals surface area contributed by atoms with Gasteiger partial charge in [0.2, 0.25) is 0 Å². The van der Waals surface area contributed by atoms with Crippen molar-refractivity contribution in [3.63, 3.8) is 0 Å². The summed E-state index contributed by atoms with van der Waals surface area (Å²) in [5.41, 5.74) is 0. The minimum absolute atomic E-state index is 0.619. The van der Waals surface area contributed by atoms with Gasteiger partial charge in [-0.2, -0.15) is 0 Å². The minimum Gasteiger partial charge on any atom is -0.473 e. The Hall–Kier alpha value is -0.700. The first kappa shape index (κ1) is 15.8. The molecule has 14 heavy (non-hydrogen) atoms. The smallest absolute Gasteiger partial charge is 0.254 e. The maximum atomic E-state index is 5.33. The van der Waals surface area contributed by atoms with E-state index in [0.29, 0.717) is 11.8 Å². The van der Waals surface area contributed by atoms with Crippen LogP contribution in [0.2, 0.25) is 0 Å². The first-order valence-electron chi connectivity index (χ1n) is 4.94. The van der Waals surface area contributed by atoms with Crippen molar-refractivity contribution in [1.29, 1.82) is 0 Å². The molecule has 0 aromatic carbocycles. The van der Waals surface area contributed by atoms with Gasteiger partial charge in [0.05, 0.1) is 6.61 Å². The molecule has 0 rings (SSSR count). The maximum absolute atomic E-state index is 5.33. The third kappa shape index (κ3) is 11.3. The molecule has 0 N–H and O–H groups in total. The summed E-state index contributed by atoms with van der Waals surface area (Å²) >= 11 is 1.37. The van der Waals surface area contributed by atoms with Gasteiger partial charge in [-0.05, 0) is 23.6 Å². The zero-order valence-corrected chi connectivity index (χ0v) is 10.3. The fourth-order valence-electron chi connectivity index (χ4n) is 0.551. The van der Waals surface area contributed by atoms with Gasteiger partial charge in [-0.3, -0.25) is 0 Å². The van der Waals surface area contributed by atoms with Crippen LogP contribution in [0.5, 0.6) is 0 Å². The van der Waals surface area contributed by atoms with Crippen LogP contribution >= 0.6 is 11.8 Å². The van der Waals surface area contributed by atoms with Crippen LogP contribution in [0.15, 0.2) is 29.8 Å². The van der Waals surface area contributed by atoms with E-state index in [4.69, 9.17) is 4.74 Å². The van der Waals surface area contributed by atoms with Crippen LogP contribution in [0.25, 0.3) is 0 Å². The van der Waals surface area contributed by atoms with E-state index in [-0.39, 0.29) is 0 Å². The largest absolute Gasteiger partial charge is 0.473 e. The Bertz CT molecular complexity index is 167. The average Bonchev–Trinajstić information content (AvgIpc) is 2.22. The van der Waals surface area contributed by atoms with Crippen LogP contribution < -0.4 is 0 Å². The second-order valence-corrected chi connectivity index (χ2v) is 2.98. The molecule has 0 saturated carbocycles. The fraction of sp³-hybridized carbons (Fsp3) is 0.545. The molecule has 0 aliphatic rings. The summed E-state index contributed by atoms with van der Waals surface area (Å²) < 4.78 is 5.33. The van der Waals surface area contributed by atoms with E-state index in [9.17, 15) is 0 Å². The molecule has 0 amide bonds. The highest BCUT2D eigenvalue weighted by Gasteiger charge is 1.95. The van der Waals surface area contributed by atoms with Gasteiger partial charge < -0.3 is 4.74 Å². The Balaban J connectivity index is 0. The summed E-state index contributed by atoms with van der Waals surface area (Å²) in [7, 11) is 0. The molecular formula is C11H21NOS. The lowest BCUT2D eigenvalue weighted by molar-refractivity contribution is 0.306. The summed E-state index contributed by atoms with van der Waals surface area (Å²) in [5, 5.41) is 2.31. The van der Waals surface area contributed by atoms with Crippen molar-refractivity contribution in [1.82, 2.24) is 0 Å². The van der Waals surface area contributed by atoms with Gasteiger partial charge >= 0.3 is 0 Å². The number of thioether (sulfide) groups is 1. The fourth-order valence-corrected chi connectivity index (χ4v) is 0.981. The van der Waals surface area contributed by atoms with E-state index < -0.39 is 0 Å². The summed E-state index contributed by atoms with van der Waals surface area (Å²) in [6, 6.07) is 0. The average molecular weight is 215 g/mol. The van der Waals surface area contributed by atoms with E-state index >= 15 is 0 Å². The monoisotopic (exact) mass is 215 g/mol. The molecule has 0 heterocycles. The first-order chi connectivity index (χ1) is 6.85. The van der Waals surface area contributed by atoms with Gasteiger partial charge in [-0.1, -0.05) is 40.3 Å². The molecule has 0 fully saturated rings. The first-order valence-corrected chi connectivity index (χ1v) is 5.82. The second kappa shape index (κ2) is 14.8. The lowest BCUT2D eigenvalue weighted by Crippen LogP contribution is -2.00. The number of nitrogens with zero attached hydrogens (tertiary/aromatic N) is 1. The van der Waals surface area contributed by atoms with Crippen molar-refractivity contribution >= 4 is 17.0 Å². The van der Waals surface area contributed by atoms with Crippen LogP contribution in [0.3, 0.4) is 0 Å². The molecule has 0 atom stereocenters. The quantitative estimate of drug-likeness (QED) is 0.389. The van der Waals surface area contributed by atoms with Gasteiger partial charge in [-0.15, -0.1) is 0 Å². The highest BCUT2D eigenvalue weighted by molar-refractivity contribution is 8.16. The zero-order valence-electron chi connectivity index (χ0n) is 9.45. The number of aliphatic imine (C=N–C) groups is 1. The van der Waals surface area contributed by atoms with Crippen molar-refractivity contribution in [3.05, 3.63) is 24.8 Å². The molecule has 0 spiro atoms. The standard InChI is InChI=1S/C9H15NOS.C2H6/c1-4-7-8-11-9(10-5-2)12-6-3;1-2/h5-6H,2-4,7-8H2,1H3;1-2H3. The molecule has 0 aliphatic carbocycles. The lowest BCUT2D eigenvalue weighted by atomic mass is 10.4. The number of ether oxygens (including phenoxy) is 1. The van der Waals surface area contributed by atoms with Crippen LogP contribution in [0.4, 0.5) is 0 Å². The van der Waals surface area contributed by atoms with Gasteiger partial charge in [0.15, 0.2) is 0 Å². The van der Waals surface area contributed by atoms with Crippen LogP contribution in [0, 0.1) is 0 Å². The van der Waals surface area contributed by atoms with Gasteiger partial charge in [0, 0.05) is 6.20 Å². The normalized spacial score (nSPS) is 9.79. The highest BCUT2D eigenvalue weighted by Crippen LogP contribution is 2.07. The third-order valence-corrected chi connectivity index (χ3v) is 1.70. The van der Waals surface area contributed by atoms with Crippen molar-refractivity contribution in [2.75, 3.05) is 6.61 Å². The molecule has 2 nitrogen and oxygen atoms in total. The van der Waals surface area contributed by atoms with Crippen molar-refractivity contribution in [3.8, 4) is 0 Å². The summed E-state index contributed by atoms with van der Waals surface area (Å²) in [6.07, 6.45) is 3.64. The summed E-state index contributed by atoms with van der Waals surface area (Å²) in [4.78, 5) is 3.94. The topological polar surface area (TPSA) is 21.6 Å². The van der Waals surface area contributed by atoms with Crippen LogP contribution in [0.1, 0.15) is 33.6 Å². The Morgan fingerprint density at radius 3 is 2.50 bits per heavy atom. The highest BCUT2D eigenvalue weighted by atomic mass is 32.2. The predicted molar refractivity (Wildman–Crippen MR) is 67.6 cm³/mol. The van der Waals surface area contributed by atoms with Crippen LogP contribution in [-0.2, 0) is 4.74 Å². The summed E-state index contributed by atoms with van der Waals surface area (Å²) in [6.45, 7) is 13.9. The summed E-state index contributed by atoms with van der Waals surface area (Å²) in [5.74, 6) is 0. The Morgan fingerprint density at radius 1 is 1.43 bits per heavy atom. The van der Waals surface area contributed by atoms with Crippen LogP contribution in [-0.4, -0.2) is 11.8 Å². The van der Waals surface area contributed by atoms with E-state index in [1.54, 1.807) is 5.41 Å². The third-order valence-electron chi connectivity index (χ3n) is 1.10. The number of hydrogen-bond donors (Lipinski definition) is 0. The predicted octanol–water partition coefficient (Wildman–Crippen LogP) is 4.21. The Kier molecular flexibility index (Phi) is 16.7. The molecule has 0 bridgehead atoms.